The van der Waals surface area contributed by atoms with Crippen molar-refractivity contribution >= 4 is 17.1 Å². The highest BCUT2D eigenvalue weighted by molar-refractivity contribution is 5.76. The summed E-state index contributed by atoms with van der Waals surface area (Å²) in [5, 5.41) is 17.3. The van der Waals surface area contributed by atoms with Crippen molar-refractivity contribution in [1.29, 1.82) is 5.26 Å². The third-order valence-electron chi connectivity index (χ3n) is 3.76. The molecule has 2 aromatic rings. The zero-order valence-electron chi connectivity index (χ0n) is 13.5. The lowest BCUT2D eigenvalue weighted by Crippen LogP contribution is -2.35. The number of likely N-dealkylation sites (tertiary alicyclic amines) is 1. The molecule has 1 saturated heterocycles. The van der Waals surface area contributed by atoms with E-state index < -0.39 is 5.60 Å². The van der Waals surface area contributed by atoms with Gasteiger partial charge in [0.2, 0.25) is 0 Å². The Morgan fingerprint density at radius 1 is 1.43 bits per heavy atom. The number of carbonyl (C=O) groups excluding carboxylic acids is 1. The number of nitrogens with zero attached hydrogens (tertiary/aromatic N) is 5. The third kappa shape index (κ3) is 3.11. The highest BCUT2D eigenvalue weighted by Crippen LogP contribution is 2.26. The van der Waals surface area contributed by atoms with Crippen LogP contribution >= 0.6 is 0 Å². The lowest BCUT2D eigenvalue weighted by Gasteiger charge is -2.24. The maximum atomic E-state index is 12.1. The number of rotatable bonds is 1. The van der Waals surface area contributed by atoms with Gasteiger partial charge in [-0.05, 0) is 45.4 Å². The van der Waals surface area contributed by atoms with Gasteiger partial charge in [0, 0.05) is 13.1 Å². The van der Waals surface area contributed by atoms with Crippen LogP contribution in [-0.4, -0.2) is 44.7 Å². The molecule has 1 aromatic heterocycles. The molecule has 120 valence electrons. The summed E-state index contributed by atoms with van der Waals surface area (Å²) in [6.45, 7) is 6.76. The largest absolute Gasteiger partial charge is 0.444 e. The van der Waals surface area contributed by atoms with Crippen molar-refractivity contribution in [2.24, 2.45) is 0 Å². The normalized spacial score (nSPS) is 18.2. The second-order valence-electron chi connectivity index (χ2n) is 6.72. The van der Waals surface area contributed by atoms with Gasteiger partial charge in [-0.3, -0.25) is 0 Å². The molecular formula is C16H19N5O2. The van der Waals surface area contributed by atoms with Crippen LogP contribution in [0.3, 0.4) is 0 Å². The fourth-order valence-electron chi connectivity index (χ4n) is 2.71. The number of amides is 1. The molecule has 1 amide bonds. The Hall–Kier alpha value is -2.62. The van der Waals surface area contributed by atoms with Gasteiger partial charge in [0.15, 0.2) is 0 Å². The molecule has 0 saturated carbocycles. The molecule has 1 aliphatic heterocycles. The Balaban J connectivity index is 1.77. The Morgan fingerprint density at radius 2 is 2.22 bits per heavy atom. The molecule has 1 aliphatic rings. The predicted molar refractivity (Wildman–Crippen MR) is 83.7 cm³/mol. The molecule has 0 spiro atoms. The van der Waals surface area contributed by atoms with Gasteiger partial charge in [0.05, 0.1) is 23.2 Å². The Morgan fingerprint density at radius 3 is 2.91 bits per heavy atom. The molecular weight excluding hydrogens is 294 g/mol. The number of benzene rings is 1. The molecule has 0 aliphatic carbocycles. The van der Waals surface area contributed by atoms with Gasteiger partial charge < -0.3 is 9.64 Å². The van der Waals surface area contributed by atoms with Crippen molar-refractivity contribution in [3.63, 3.8) is 0 Å². The predicted octanol–water partition coefficient (Wildman–Crippen LogP) is 2.48. The quantitative estimate of drug-likeness (QED) is 0.807. The zero-order chi connectivity index (χ0) is 16.6. The first-order chi connectivity index (χ1) is 10.9. The van der Waals surface area contributed by atoms with Crippen LogP contribution in [0.5, 0.6) is 0 Å². The van der Waals surface area contributed by atoms with Crippen molar-refractivity contribution in [2.45, 2.75) is 38.8 Å². The molecule has 7 heteroatoms. The first-order valence-corrected chi connectivity index (χ1v) is 7.60. The van der Waals surface area contributed by atoms with E-state index >= 15 is 0 Å². The molecule has 1 atom stereocenters. The van der Waals surface area contributed by atoms with Gasteiger partial charge in [-0.1, -0.05) is 5.21 Å². The second kappa shape index (κ2) is 5.54. The molecule has 1 fully saturated rings. The van der Waals surface area contributed by atoms with Gasteiger partial charge in [0.25, 0.3) is 0 Å². The smallest absolute Gasteiger partial charge is 0.410 e. The van der Waals surface area contributed by atoms with E-state index in [2.05, 4.69) is 16.4 Å². The van der Waals surface area contributed by atoms with E-state index in [0.717, 1.165) is 11.9 Å². The molecule has 23 heavy (non-hydrogen) atoms. The Labute approximate surface area is 134 Å². The van der Waals surface area contributed by atoms with Crippen LogP contribution in [-0.2, 0) is 4.74 Å². The van der Waals surface area contributed by atoms with Gasteiger partial charge in [-0.15, -0.1) is 5.10 Å². The van der Waals surface area contributed by atoms with Crippen LogP contribution < -0.4 is 0 Å². The summed E-state index contributed by atoms with van der Waals surface area (Å²) in [6, 6.07) is 7.49. The van der Waals surface area contributed by atoms with Gasteiger partial charge >= 0.3 is 6.09 Å². The SMILES string of the molecule is CC(C)(C)OC(=O)N1CCC(n2nnc3cc(C#N)ccc32)C1. The van der Waals surface area contributed by atoms with Crippen LogP contribution in [0, 0.1) is 11.3 Å². The summed E-state index contributed by atoms with van der Waals surface area (Å²) >= 11 is 0. The number of fused-ring (bicyclic) bond motifs is 1. The third-order valence-corrected chi connectivity index (χ3v) is 3.76. The van der Waals surface area contributed by atoms with Crippen LogP contribution in [0.4, 0.5) is 4.79 Å². The van der Waals surface area contributed by atoms with Crippen molar-refractivity contribution in [2.75, 3.05) is 13.1 Å². The number of aromatic nitrogens is 3. The minimum absolute atomic E-state index is 0.0699. The van der Waals surface area contributed by atoms with Crippen molar-refractivity contribution in [3.05, 3.63) is 23.8 Å². The van der Waals surface area contributed by atoms with E-state index in [4.69, 9.17) is 10.00 Å². The van der Waals surface area contributed by atoms with Gasteiger partial charge in [-0.2, -0.15) is 5.26 Å². The zero-order valence-corrected chi connectivity index (χ0v) is 13.5. The van der Waals surface area contributed by atoms with Crippen LogP contribution in [0.1, 0.15) is 38.8 Å². The molecule has 1 aromatic carbocycles. The van der Waals surface area contributed by atoms with Gasteiger partial charge in [0.1, 0.15) is 11.1 Å². The molecule has 1 unspecified atom stereocenters. The van der Waals surface area contributed by atoms with Crippen LogP contribution in [0.2, 0.25) is 0 Å². The maximum absolute atomic E-state index is 12.1. The van der Waals surface area contributed by atoms with E-state index in [-0.39, 0.29) is 12.1 Å². The Kier molecular flexibility index (Phi) is 3.68. The fraction of sp³-hybridized carbons (Fsp3) is 0.500. The first-order valence-electron chi connectivity index (χ1n) is 7.60. The monoisotopic (exact) mass is 313 g/mol. The van der Waals surface area contributed by atoms with Crippen molar-refractivity contribution in [3.8, 4) is 6.07 Å². The minimum atomic E-state index is -0.497. The summed E-state index contributed by atoms with van der Waals surface area (Å²) < 4.78 is 7.24. The average Bonchev–Trinajstić information content (AvgIpc) is 3.11. The summed E-state index contributed by atoms with van der Waals surface area (Å²) in [7, 11) is 0. The van der Waals surface area contributed by atoms with Crippen LogP contribution in [0.25, 0.3) is 11.0 Å². The number of hydrogen-bond acceptors (Lipinski definition) is 5. The second-order valence-corrected chi connectivity index (χ2v) is 6.72. The molecule has 2 heterocycles. The van der Waals surface area contributed by atoms with E-state index in [1.54, 1.807) is 17.0 Å². The molecule has 0 bridgehead atoms. The van der Waals surface area contributed by atoms with Crippen molar-refractivity contribution < 1.29 is 9.53 Å². The molecule has 0 N–H and O–H groups in total. The number of hydrogen-bond donors (Lipinski definition) is 0. The van der Waals surface area contributed by atoms with E-state index in [9.17, 15) is 4.79 Å². The summed E-state index contributed by atoms with van der Waals surface area (Å²) in [5.74, 6) is 0. The number of ether oxygens (including phenoxy) is 1. The van der Waals surface area contributed by atoms with Gasteiger partial charge in [-0.25, -0.2) is 9.48 Å². The topological polar surface area (TPSA) is 84.0 Å². The van der Waals surface area contributed by atoms with Crippen LogP contribution in [0.15, 0.2) is 18.2 Å². The number of nitriles is 1. The van der Waals surface area contributed by atoms with E-state index in [0.29, 0.717) is 24.2 Å². The lowest BCUT2D eigenvalue weighted by atomic mass is 10.2. The highest BCUT2D eigenvalue weighted by atomic mass is 16.6. The average molecular weight is 313 g/mol. The molecule has 7 nitrogen and oxygen atoms in total. The lowest BCUT2D eigenvalue weighted by molar-refractivity contribution is 0.0288. The molecule has 0 radical (unpaired) electrons. The van der Waals surface area contributed by atoms with Crippen molar-refractivity contribution in [1.82, 2.24) is 19.9 Å². The molecule has 3 rings (SSSR count). The minimum Gasteiger partial charge on any atom is -0.444 e. The first kappa shape index (κ1) is 15.3. The standard InChI is InChI=1S/C16H19N5O2/c1-16(2,3)23-15(22)20-7-6-12(10-20)21-14-5-4-11(9-17)8-13(14)18-19-21/h4-5,8,12H,6-7,10H2,1-3H3. The summed E-state index contributed by atoms with van der Waals surface area (Å²) in [5.41, 5.74) is 1.63. The Bertz CT molecular complexity index is 784. The summed E-state index contributed by atoms with van der Waals surface area (Å²) in [4.78, 5) is 13.8. The summed E-state index contributed by atoms with van der Waals surface area (Å²) in [6.07, 6.45) is 0.508. The maximum Gasteiger partial charge on any atom is 0.410 e. The van der Waals surface area contributed by atoms with E-state index in [1.165, 1.54) is 0 Å². The highest BCUT2D eigenvalue weighted by Gasteiger charge is 2.31. The number of carbonyl (C=O) groups is 1. The fourth-order valence-corrected chi connectivity index (χ4v) is 2.71. The van der Waals surface area contributed by atoms with E-state index in [1.807, 2.05) is 31.5 Å².